The molecule has 78 valence electrons. The van der Waals surface area contributed by atoms with Crippen LogP contribution in [0.5, 0.6) is 5.88 Å². The minimum absolute atomic E-state index is 0.232. The Balaban J connectivity index is 2.38. The van der Waals surface area contributed by atoms with E-state index in [2.05, 4.69) is 15.1 Å². The first kappa shape index (κ1) is 9.38. The summed E-state index contributed by atoms with van der Waals surface area (Å²) in [7, 11) is 1.73. The highest BCUT2D eigenvalue weighted by Gasteiger charge is 2.09. The Kier molecular flexibility index (Phi) is 2.20. The first-order chi connectivity index (χ1) is 7.18. The SMILES string of the molecule is Cn1ncc2c(OCC(=O)O)ncnc21. The molecule has 0 amide bonds. The quantitative estimate of drug-likeness (QED) is 0.752. The number of aromatic nitrogens is 4. The molecule has 0 unspecified atom stereocenters. The van der Waals surface area contributed by atoms with Crippen molar-refractivity contribution in [2.24, 2.45) is 7.05 Å². The molecule has 0 saturated carbocycles. The molecule has 0 atom stereocenters. The largest absolute Gasteiger partial charge is 0.479 e. The standard InChI is InChI=1S/C8H8N4O3/c1-12-7-5(2-11-12)8(10-4-9-7)15-3-6(13)14/h2,4H,3H2,1H3,(H,13,14). The second kappa shape index (κ2) is 3.52. The average molecular weight is 208 g/mol. The van der Waals surface area contributed by atoms with Crippen LogP contribution in [0.25, 0.3) is 11.0 Å². The van der Waals surface area contributed by atoms with Gasteiger partial charge in [0.05, 0.1) is 6.20 Å². The Morgan fingerprint density at radius 1 is 1.60 bits per heavy atom. The minimum Gasteiger partial charge on any atom is -0.479 e. The van der Waals surface area contributed by atoms with E-state index < -0.39 is 12.6 Å². The van der Waals surface area contributed by atoms with E-state index in [-0.39, 0.29) is 5.88 Å². The van der Waals surface area contributed by atoms with Crippen LogP contribution in [-0.4, -0.2) is 37.4 Å². The Bertz CT molecular complexity index is 508. The normalized spacial score (nSPS) is 10.5. The molecule has 0 aliphatic heterocycles. The predicted octanol–water partition coefficient (Wildman–Crippen LogP) is -0.173. The monoisotopic (exact) mass is 208 g/mol. The maximum absolute atomic E-state index is 10.3. The average Bonchev–Trinajstić information content (AvgIpc) is 2.58. The molecule has 7 heteroatoms. The lowest BCUT2D eigenvalue weighted by atomic mass is 10.4. The van der Waals surface area contributed by atoms with Crippen LogP contribution in [0.15, 0.2) is 12.5 Å². The molecule has 7 nitrogen and oxygen atoms in total. The van der Waals surface area contributed by atoms with Crippen LogP contribution in [0.4, 0.5) is 0 Å². The summed E-state index contributed by atoms with van der Waals surface area (Å²) in [5.74, 6) is -0.818. The van der Waals surface area contributed by atoms with E-state index in [0.29, 0.717) is 11.0 Å². The predicted molar refractivity (Wildman–Crippen MR) is 49.4 cm³/mol. The van der Waals surface area contributed by atoms with E-state index in [4.69, 9.17) is 9.84 Å². The summed E-state index contributed by atoms with van der Waals surface area (Å²) in [6.45, 7) is -0.430. The third kappa shape index (κ3) is 1.71. The lowest BCUT2D eigenvalue weighted by Gasteiger charge is -2.01. The zero-order valence-corrected chi connectivity index (χ0v) is 7.91. The number of hydrogen-bond acceptors (Lipinski definition) is 5. The molecule has 2 rings (SSSR count). The lowest BCUT2D eigenvalue weighted by Crippen LogP contribution is -2.10. The highest BCUT2D eigenvalue weighted by atomic mass is 16.5. The van der Waals surface area contributed by atoms with Gasteiger partial charge in [0.1, 0.15) is 11.7 Å². The van der Waals surface area contributed by atoms with Crippen molar-refractivity contribution in [2.75, 3.05) is 6.61 Å². The van der Waals surface area contributed by atoms with E-state index in [1.54, 1.807) is 11.7 Å². The van der Waals surface area contributed by atoms with Crippen LogP contribution in [-0.2, 0) is 11.8 Å². The molecule has 0 saturated heterocycles. The van der Waals surface area contributed by atoms with Gasteiger partial charge in [-0.1, -0.05) is 0 Å². The fraction of sp³-hybridized carbons (Fsp3) is 0.250. The molecule has 15 heavy (non-hydrogen) atoms. The van der Waals surface area contributed by atoms with E-state index >= 15 is 0 Å². The van der Waals surface area contributed by atoms with E-state index in [1.807, 2.05) is 0 Å². The molecule has 2 aromatic heterocycles. The van der Waals surface area contributed by atoms with Crippen molar-refractivity contribution < 1.29 is 14.6 Å². The maximum atomic E-state index is 10.3. The van der Waals surface area contributed by atoms with Gasteiger partial charge in [0.2, 0.25) is 5.88 Å². The first-order valence-corrected chi connectivity index (χ1v) is 4.16. The topological polar surface area (TPSA) is 90.1 Å². The van der Waals surface area contributed by atoms with Gasteiger partial charge in [0, 0.05) is 7.05 Å². The van der Waals surface area contributed by atoms with Crippen molar-refractivity contribution in [1.29, 1.82) is 0 Å². The molecule has 0 aromatic carbocycles. The summed E-state index contributed by atoms with van der Waals surface area (Å²) < 4.78 is 6.55. The third-order valence-electron chi connectivity index (χ3n) is 1.83. The Labute approximate surface area is 84.3 Å². The minimum atomic E-state index is -1.05. The van der Waals surface area contributed by atoms with Gasteiger partial charge in [-0.15, -0.1) is 0 Å². The van der Waals surface area contributed by atoms with Gasteiger partial charge >= 0.3 is 5.97 Å². The molecule has 0 bridgehead atoms. The molecular formula is C8H8N4O3. The van der Waals surface area contributed by atoms with Crippen LogP contribution in [0.1, 0.15) is 0 Å². The highest BCUT2D eigenvalue weighted by molar-refractivity contribution is 5.80. The van der Waals surface area contributed by atoms with Crippen molar-refractivity contribution in [3.8, 4) is 5.88 Å². The van der Waals surface area contributed by atoms with Crippen LogP contribution in [0, 0.1) is 0 Å². The number of carboxylic acid groups (broad SMARTS) is 1. The summed E-state index contributed by atoms with van der Waals surface area (Å²) in [4.78, 5) is 18.2. The third-order valence-corrected chi connectivity index (χ3v) is 1.83. The molecule has 0 fully saturated rings. The molecule has 0 aliphatic carbocycles. The maximum Gasteiger partial charge on any atom is 0.341 e. The van der Waals surface area contributed by atoms with Crippen LogP contribution in [0.3, 0.4) is 0 Å². The zero-order chi connectivity index (χ0) is 10.8. The fourth-order valence-electron chi connectivity index (χ4n) is 1.19. The number of fused-ring (bicyclic) bond motifs is 1. The van der Waals surface area contributed by atoms with Crippen molar-refractivity contribution in [3.63, 3.8) is 0 Å². The molecule has 0 spiro atoms. The van der Waals surface area contributed by atoms with Gasteiger partial charge in [0.25, 0.3) is 0 Å². The number of nitrogens with zero attached hydrogens (tertiary/aromatic N) is 4. The lowest BCUT2D eigenvalue weighted by molar-refractivity contribution is -0.139. The van der Waals surface area contributed by atoms with Gasteiger partial charge in [0.15, 0.2) is 12.3 Å². The van der Waals surface area contributed by atoms with Gasteiger partial charge in [-0.3, -0.25) is 4.68 Å². The summed E-state index contributed by atoms with van der Waals surface area (Å²) in [6, 6.07) is 0. The number of aliphatic carboxylic acids is 1. The van der Waals surface area contributed by atoms with Gasteiger partial charge in [-0.2, -0.15) is 5.10 Å². The highest BCUT2D eigenvalue weighted by Crippen LogP contribution is 2.19. The van der Waals surface area contributed by atoms with Crippen LogP contribution < -0.4 is 4.74 Å². The van der Waals surface area contributed by atoms with Crippen molar-refractivity contribution in [1.82, 2.24) is 19.7 Å². The molecule has 0 radical (unpaired) electrons. The molecule has 0 aliphatic rings. The summed E-state index contributed by atoms with van der Waals surface area (Å²) in [5, 5.41) is 13.0. The van der Waals surface area contributed by atoms with Gasteiger partial charge in [-0.25, -0.2) is 14.8 Å². The Morgan fingerprint density at radius 2 is 2.40 bits per heavy atom. The smallest absolute Gasteiger partial charge is 0.341 e. The molecule has 2 heterocycles. The number of carboxylic acids is 1. The van der Waals surface area contributed by atoms with Crippen LogP contribution in [0.2, 0.25) is 0 Å². The fourth-order valence-corrected chi connectivity index (χ4v) is 1.19. The Morgan fingerprint density at radius 3 is 3.13 bits per heavy atom. The van der Waals surface area contributed by atoms with E-state index in [1.165, 1.54) is 12.5 Å². The summed E-state index contributed by atoms with van der Waals surface area (Å²) in [6.07, 6.45) is 2.84. The van der Waals surface area contributed by atoms with Gasteiger partial charge in [-0.05, 0) is 0 Å². The van der Waals surface area contributed by atoms with Crippen molar-refractivity contribution in [2.45, 2.75) is 0 Å². The summed E-state index contributed by atoms with van der Waals surface area (Å²) >= 11 is 0. The second-order valence-electron chi connectivity index (χ2n) is 2.87. The zero-order valence-electron chi connectivity index (χ0n) is 7.91. The number of ether oxygens (including phenoxy) is 1. The number of hydrogen-bond donors (Lipinski definition) is 1. The number of aryl methyl sites for hydroxylation is 1. The van der Waals surface area contributed by atoms with E-state index in [0.717, 1.165) is 0 Å². The molecular weight excluding hydrogens is 200 g/mol. The second-order valence-corrected chi connectivity index (χ2v) is 2.87. The molecule has 2 aromatic rings. The van der Waals surface area contributed by atoms with Crippen molar-refractivity contribution in [3.05, 3.63) is 12.5 Å². The first-order valence-electron chi connectivity index (χ1n) is 4.16. The number of rotatable bonds is 3. The summed E-state index contributed by atoms with van der Waals surface area (Å²) in [5.41, 5.74) is 0.602. The number of carbonyl (C=O) groups is 1. The van der Waals surface area contributed by atoms with Gasteiger partial charge < -0.3 is 9.84 Å². The van der Waals surface area contributed by atoms with Crippen LogP contribution >= 0.6 is 0 Å². The Hall–Kier alpha value is -2.18. The van der Waals surface area contributed by atoms with Crippen molar-refractivity contribution >= 4 is 17.0 Å². The van der Waals surface area contributed by atoms with E-state index in [9.17, 15) is 4.79 Å². The molecule has 1 N–H and O–H groups in total.